The van der Waals surface area contributed by atoms with Crippen LogP contribution in [0.3, 0.4) is 0 Å². The van der Waals surface area contributed by atoms with Crippen molar-refractivity contribution >= 4 is 10.0 Å². The summed E-state index contributed by atoms with van der Waals surface area (Å²) in [4.78, 5) is -0.262. The van der Waals surface area contributed by atoms with Gasteiger partial charge >= 0.3 is 0 Å². The molecule has 0 unspecified atom stereocenters. The van der Waals surface area contributed by atoms with Gasteiger partial charge in [-0.25, -0.2) is 21.9 Å². The third-order valence-electron chi connectivity index (χ3n) is 2.02. The Bertz CT molecular complexity index is 460. The predicted octanol–water partition coefficient (Wildman–Crippen LogP) is 2.04. The third-order valence-corrected chi connectivity index (χ3v) is 3.48. The van der Waals surface area contributed by atoms with Crippen LogP contribution < -0.4 is 4.72 Å². The molecule has 1 aromatic carbocycles. The molecule has 6 heteroatoms. The first-order valence-electron chi connectivity index (χ1n) is 4.92. The van der Waals surface area contributed by atoms with E-state index in [9.17, 15) is 17.2 Å². The molecule has 0 heterocycles. The van der Waals surface area contributed by atoms with Gasteiger partial charge in [-0.1, -0.05) is 13.3 Å². The van der Waals surface area contributed by atoms with E-state index < -0.39 is 21.7 Å². The summed E-state index contributed by atoms with van der Waals surface area (Å²) in [6, 6.07) is 2.50. The first kappa shape index (κ1) is 13.1. The molecule has 0 aromatic heterocycles. The van der Waals surface area contributed by atoms with Crippen molar-refractivity contribution in [2.45, 2.75) is 24.7 Å². The van der Waals surface area contributed by atoms with Gasteiger partial charge < -0.3 is 0 Å². The van der Waals surface area contributed by atoms with Crippen LogP contribution in [-0.4, -0.2) is 15.0 Å². The topological polar surface area (TPSA) is 46.2 Å². The summed E-state index contributed by atoms with van der Waals surface area (Å²) in [7, 11) is -3.73. The number of hydrogen-bond donors (Lipinski definition) is 1. The van der Waals surface area contributed by atoms with Crippen LogP contribution in [0.25, 0.3) is 0 Å². The third kappa shape index (κ3) is 3.24. The Labute approximate surface area is 93.5 Å². The number of unbranched alkanes of at least 4 members (excludes halogenated alkanes) is 1. The van der Waals surface area contributed by atoms with Gasteiger partial charge in [-0.2, -0.15) is 0 Å². The van der Waals surface area contributed by atoms with E-state index in [4.69, 9.17) is 0 Å². The van der Waals surface area contributed by atoms with Crippen LogP contribution in [0.2, 0.25) is 0 Å². The van der Waals surface area contributed by atoms with E-state index >= 15 is 0 Å². The Kier molecular flexibility index (Phi) is 4.37. The van der Waals surface area contributed by atoms with Crippen LogP contribution in [0.1, 0.15) is 19.8 Å². The molecule has 1 N–H and O–H groups in total. The van der Waals surface area contributed by atoms with Crippen molar-refractivity contribution in [1.82, 2.24) is 4.72 Å². The lowest BCUT2D eigenvalue weighted by Crippen LogP contribution is -2.24. The molecule has 0 aliphatic carbocycles. The molecule has 0 saturated heterocycles. The van der Waals surface area contributed by atoms with Crippen LogP contribution in [0.5, 0.6) is 0 Å². The van der Waals surface area contributed by atoms with Crippen LogP contribution in [0, 0.1) is 11.6 Å². The maximum absolute atomic E-state index is 12.8. The molecule has 1 rings (SSSR count). The predicted molar refractivity (Wildman–Crippen MR) is 56.5 cm³/mol. The largest absolute Gasteiger partial charge is 0.240 e. The van der Waals surface area contributed by atoms with Gasteiger partial charge in [-0.3, -0.25) is 0 Å². The van der Waals surface area contributed by atoms with Gasteiger partial charge in [0.15, 0.2) is 11.6 Å². The summed E-state index contributed by atoms with van der Waals surface area (Å²) in [5.41, 5.74) is 0. The average Bonchev–Trinajstić information content (AvgIpc) is 2.22. The standard InChI is InChI=1S/C10H13F2NO2S/c1-2-3-6-13-16(14,15)8-4-5-9(11)10(12)7-8/h4-5,7,13H,2-3,6H2,1H3. The number of halogens is 2. The van der Waals surface area contributed by atoms with E-state index in [1.807, 2.05) is 6.92 Å². The number of benzene rings is 1. The molecular weight excluding hydrogens is 236 g/mol. The fourth-order valence-electron chi connectivity index (χ4n) is 1.11. The minimum absolute atomic E-state index is 0.262. The van der Waals surface area contributed by atoms with Crippen molar-refractivity contribution in [3.8, 4) is 0 Å². The van der Waals surface area contributed by atoms with Crippen molar-refractivity contribution in [2.75, 3.05) is 6.54 Å². The van der Waals surface area contributed by atoms with Crippen molar-refractivity contribution in [1.29, 1.82) is 0 Å². The Morgan fingerprint density at radius 1 is 1.25 bits per heavy atom. The highest BCUT2D eigenvalue weighted by molar-refractivity contribution is 7.89. The van der Waals surface area contributed by atoms with Crippen molar-refractivity contribution < 1.29 is 17.2 Å². The van der Waals surface area contributed by atoms with E-state index in [-0.39, 0.29) is 11.4 Å². The van der Waals surface area contributed by atoms with E-state index in [1.165, 1.54) is 0 Å². The normalized spacial score (nSPS) is 11.7. The molecule has 0 amide bonds. The van der Waals surface area contributed by atoms with E-state index in [2.05, 4.69) is 4.72 Å². The van der Waals surface area contributed by atoms with Crippen molar-refractivity contribution in [2.24, 2.45) is 0 Å². The van der Waals surface area contributed by atoms with Crippen LogP contribution in [-0.2, 0) is 10.0 Å². The Balaban J connectivity index is 2.86. The number of nitrogens with one attached hydrogen (secondary N) is 1. The van der Waals surface area contributed by atoms with Crippen LogP contribution in [0.15, 0.2) is 23.1 Å². The number of rotatable bonds is 5. The summed E-state index contributed by atoms with van der Waals surface area (Å²) >= 11 is 0. The van der Waals surface area contributed by atoms with Gasteiger partial charge in [0.25, 0.3) is 0 Å². The molecule has 90 valence electrons. The highest BCUT2D eigenvalue weighted by Crippen LogP contribution is 2.13. The van der Waals surface area contributed by atoms with Crippen molar-refractivity contribution in [3.63, 3.8) is 0 Å². The van der Waals surface area contributed by atoms with Crippen molar-refractivity contribution in [3.05, 3.63) is 29.8 Å². The van der Waals surface area contributed by atoms with E-state index in [0.717, 1.165) is 18.6 Å². The average molecular weight is 249 g/mol. The van der Waals surface area contributed by atoms with Gasteiger partial charge in [0.05, 0.1) is 4.90 Å². The fourth-order valence-corrected chi connectivity index (χ4v) is 2.20. The number of hydrogen-bond acceptors (Lipinski definition) is 2. The maximum Gasteiger partial charge on any atom is 0.240 e. The molecule has 1 aromatic rings. The molecule has 0 radical (unpaired) electrons. The second-order valence-electron chi connectivity index (χ2n) is 3.33. The van der Waals surface area contributed by atoms with E-state index in [0.29, 0.717) is 12.5 Å². The smallest absolute Gasteiger partial charge is 0.211 e. The van der Waals surface area contributed by atoms with Gasteiger partial charge in [0.1, 0.15) is 0 Å². The molecule has 3 nitrogen and oxygen atoms in total. The van der Waals surface area contributed by atoms with Gasteiger partial charge in [-0.05, 0) is 24.6 Å². The fraction of sp³-hybridized carbons (Fsp3) is 0.400. The lowest BCUT2D eigenvalue weighted by atomic mass is 10.3. The summed E-state index contributed by atoms with van der Waals surface area (Å²) in [5.74, 6) is -2.23. The highest BCUT2D eigenvalue weighted by atomic mass is 32.2. The Hall–Kier alpha value is -1.01. The summed E-state index contributed by atoms with van der Waals surface area (Å²) in [5, 5.41) is 0. The monoisotopic (exact) mass is 249 g/mol. The van der Waals surface area contributed by atoms with Crippen LogP contribution in [0.4, 0.5) is 8.78 Å². The minimum atomic E-state index is -3.73. The minimum Gasteiger partial charge on any atom is -0.211 e. The zero-order chi connectivity index (χ0) is 12.2. The lowest BCUT2D eigenvalue weighted by molar-refractivity contribution is 0.504. The Morgan fingerprint density at radius 2 is 1.94 bits per heavy atom. The quantitative estimate of drug-likeness (QED) is 0.812. The second-order valence-corrected chi connectivity index (χ2v) is 5.09. The first-order valence-corrected chi connectivity index (χ1v) is 6.40. The second kappa shape index (κ2) is 5.36. The SMILES string of the molecule is CCCCNS(=O)(=O)c1ccc(F)c(F)c1. The van der Waals surface area contributed by atoms with E-state index in [1.54, 1.807) is 0 Å². The molecule has 0 atom stereocenters. The zero-order valence-corrected chi connectivity index (χ0v) is 9.65. The molecule has 0 fully saturated rings. The Morgan fingerprint density at radius 3 is 2.50 bits per heavy atom. The first-order chi connectivity index (χ1) is 7.47. The maximum atomic E-state index is 12.8. The van der Waals surface area contributed by atoms with Crippen LogP contribution >= 0.6 is 0 Å². The number of sulfonamides is 1. The summed E-state index contributed by atoms with van der Waals surface area (Å²) in [6.45, 7) is 2.21. The molecular formula is C10H13F2NO2S. The lowest BCUT2D eigenvalue weighted by Gasteiger charge is -2.06. The molecule has 0 bridgehead atoms. The van der Waals surface area contributed by atoms with Gasteiger partial charge in [0.2, 0.25) is 10.0 Å². The molecule has 0 saturated carbocycles. The van der Waals surface area contributed by atoms with Gasteiger partial charge in [-0.15, -0.1) is 0 Å². The van der Waals surface area contributed by atoms with Gasteiger partial charge in [0, 0.05) is 6.54 Å². The zero-order valence-electron chi connectivity index (χ0n) is 8.83. The molecule has 0 aliphatic rings. The summed E-state index contributed by atoms with van der Waals surface area (Å²) < 4.78 is 50.9. The molecule has 16 heavy (non-hydrogen) atoms. The molecule has 0 spiro atoms. The molecule has 0 aliphatic heterocycles. The summed E-state index contributed by atoms with van der Waals surface area (Å²) in [6.07, 6.45) is 1.54. The highest BCUT2D eigenvalue weighted by Gasteiger charge is 2.15.